The zero-order chi connectivity index (χ0) is 15.6. The summed E-state index contributed by atoms with van der Waals surface area (Å²) in [5.74, 6) is -2.20. The first-order valence-corrected chi connectivity index (χ1v) is 6.57. The van der Waals surface area contributed by atoms with Gasteiger partial charge in [-0.25, -0.2) is 9.59 Å². The van der Waals surface area contributed by atoms with Crippen LogP contribution in [0.2, 0.25) is 0 Å². The molecule has 0 spiro atoms. The number of nitrogens with zero attached hydrogens (tertiary/aromatic N) is 1. The van der Waals surface area contributed by atoms with E-state index in [9.17, 15) is 19.2 Å². The molecule has 3 N–H and O–H groups in total. The molecule has 1 aromatic rings. The topological polar surface area (TPSA) is 116 Å². The van der Waals surface area contributed by atoms with Gasteiger partial charge in [0.25, 0.3) is 0 Å². The number of nitrogens with one attached hydrogen (secondary N) is 2. The number of benzene rings is 1. The van der Waals surface area contributed by atoms with Crippen molar-refractivity contribution in [3.05, 3.63) is 28.2 Å². The number of imide groups is 1. The molecule has 0 aliphatic carbocycles. The Bertz CT molecular complexity index is 630. The van der Waals surface area contributed by atoms with Crippen LogP contribution >= 0.6 is 15.9 Å². The fraction of sp³-hybridized carbons (Fsp3) is 0.167. The van der Waals surface area contributed by atoms with E-state index in [0.29, 0.717) is 10.2 Å². The van der Waals surface area contributed by atoms with Gasteiger partial charge in [0.1, 0.15) is 13.1 Å². The second-order valence-electron chi connectivity index (χ2n) is 4.26. The van der Waals surface area contributed by atoms with E-state index >= 15 is 0 Å². The quantitative estimate of drug-likeness (QED) is 0.673. The molecule has 9 heteroatoms. The third-order valence-electron chi connectivity index (χ3n) is 2.69. The first-order chi connectivity index (χ1) is 9.86. The molecule has 0 atom stereocenters. The Morgan fingerprint density at radius 1 is 1.24 bits per heavy atom. The third kappa shape index (κ3) is 3.57. The van der Waals surface area contributed by atoms with Crippen molar-refractivity contribution in [3.63, 3.8) is 0 Å². The zero-order valence-corrected chi connectivity index (χ0v) is 12.1. The van der Waals surface area contributed by atoms with Gasteiger partial charge in [0.15, 0.2) is 0 Å². The van der Waals surface area contributed by atoms with Gasteiger partial charge in [-0.2, -0.15) is 0 Å². The van der Waals surface area contributed by atoms with E-state index in [4.69, 9.17) is 5.11 Å². The average Bonchev–Trinajstić information content (AvgIpc) is 2.39. The van der Waals surface area contributed by atoms with Gasteiger partial charge >= 0.3 is 12.0 Å². The molecule has 21 heavy (non-hydrogen) atoms. The maximum Gasteiger partial charge on any atom is 0.335 e. The Labute approximate surface area is 127 Å². The van der Waals surface area contributed by atoms with Gasteiger partial charge in [0.05, 0.1) is 11.3 Å². The summed E-state index contributed by atoms with van der Waals surface area (Å²) in [6, 6.07) is 3.46. The first-order valence-electron chi connectivity index (χ1n) is 5.78. The lowest BCUT2D eigenvalue weighted by Gasteiger charge is -2.25. The van der Waals surface area contributed by atoms with Crippen molar-refractivity contribution < 1.29 is 24.3 Å². The highest BCUT2D eigenvalue weighted by atomic mass is 79.9. The SMILES string of the molecule is O=C1CN(C(=O)Nc2ccc(C(=O)O)cc2Br)CC(=O)N1. The van der Waals surface area contributed by atoms with Gasteiger partial charge in [0, 0.05) is 4.47 Å². The molecule has 2 rings (SSSR count). The lowest BCUT2D eigenvalue weighted by molar-refractivity contribution is -0.134. The molecule has 0 saturated carbocycles. The lowest BCUT2D eigenvalue weighted by atomic mass is 10.2. The Morgan fingerprint density at radius 3 is 2.38 bits per heavy atom. The van der Waals surface area contributed by atoms with Crippen LogP contribution in [0.5, 0.6) is 0 Å². The van der Waals surface area contributed by atoms with Crippen molar-refractivity contribution in [1.82, 2.24) is 10.2 Å². The van der Waals surface area contributed by atoms with Gasteiger partial charge in [-0.1, -0.05) is 0 Å². The highest BCUT2D eigenvalue weighted by Crippen LogP contribution is 2.24. The largest absolute Gasteiger partial charge is 0.478 e. The maximum absolute atomic E-state index is 12.0. The molecule has 1 aliphatic heterocycles. The molecular formula is C12H10BrN3O5. The van der Waals surface area contributed by atoms with E-state index in [1.165, 1.54) is 18.2 Å². The van der Waals surface area contributed by atoms with Crippen LogP contribution in [0.4, 0.5) is 10.5 Å². The van der Waals surface area contributed by atoms with Crippen LogP contribution < -0.4 is 10.6 Å². The highest BCUT2D eigenvalue weighted by molar-refractivity contribution is 9.10. The van der Waals surface area contributed by atoms with Gasteiger partial charge < -0.3 is 15.3 Å². The van der Waals surface area contributed by atoms with E-state index < -0.39 is 23.8 Å². The summed E-state index contributed by atoms with van der Waals surface area (Å²) in [5.41, 5.74) is 0.399. The lowest BCUT2D eigenvalue weighted by Crippen LogP contribution is -2.54. The molecule has 8 nitrogen and oxygen atoms in total. The minimum Gasteiger partial charge on any atom is -0.478 e. The number of carboxylic acid groups (broad SMARTS) is 1. The molecule has 4 amide bonds. The fourth-order valence-corrected chi connectivity index (χ4v) is 2.20. The van der Waals surface area contributed by atoms with Crippen molar-refractivity contribution in [3.8, 4) is 0 Å². The smallest absolute Gasteiger partial charge is 0.335 e. The van der Waals surface area contributed by atoms with Crippen molar-refractivity contribution in [2.75, 3.05) is 18.4 Å². The number of aromatic carboxylic acids is 1. The van der Waals surface area contributed by atoms with Crippen molar-refractivity contribution >= 4 is 45.4 Å². The van der Waals surface area contributed by atoms with Crippen LogP contribution in [0.15, 0.2) is 22.7 Å². The van der Waals surface area contributed by atoms with E-state index in [2.05, 4.69) is 26.6 Å². The summed E-state index contributed by atoms with van der Waals surface area (Å²) in [5, 5.41) is 13.4. The first kappa shape index (κ1) is 15.0. The van der Waals surface area contributed by atoms with Crippen LogP contribution in [-0.2, 0) is 9.59 Å². The van der Waals surface area contributed by atoms with Crippen molar-refractivity contribution in [2.24, 2.45) is 0 Å². The average molecular weight is 356 g/mol. The normalized spacial score (nSPS) is 14.6. The van der Waals surface area contributed by atoms with E-state index in [1.807, 2.05) is 0 Å². The molecule has 1 saturated heterocycles. The Kier molecular flexibility index (Phi) is 4.22. The molecule has 0 radical (unpaired) electrons. The van der Waals surface area contributed by atoms with E-state index in [0.717, 1.165) is 4.90 Å². The zero-order valence-electron chi connectivity index (χ0n) is 10.6. The number of urea groups is 1. The predicted octanol–water partition coefficient (Wildman–Crippen LogP) is 0.638. The number of carbonyl (C=O) groups excluding carboxylic acids is 3. The molecular weight excluding hydrogens is 346 g/mol. The van der Waals surface area contributed by atoms with Gasteiger partial charge in [-0.15, -0.1) is 0 Å². The Balaban J connectivity index is 2.11. The Hall–Kier alpha value is -2.42. The number of carbonyl (C=O) groups is 4. The Morgan fingerprint density at radius 2 is 1.86 bits per heavy atom. The molecule has 110 valence electrons. The number of rotatable bonds is 2. The molecule has 0 aromatic heterocycles. The maximum atomic E-state index is 12.0. The van der Waals surface area contributed by atoms with Crippen LogP contribution in [0, 0.1) is 0 Å². The number of hydrogen-bond donors (Lipinski definition) is 3. The molecule has 1 heterocycles. The number of carboxylic acids is 1. The molecule has 1 aromatic carbocycles. The summed E-state index contributed by atoms with van der Waals surface area (Å²) < 4.78 is 0.378. The second-order valence-corrected chi connectivity index (χ2v) is 5.11. The summed E-state index contributed by atoms with van der Waals surface area (Å²) in [6.45, 7) is -0.440. The van der Waals surface area contributed by atoms with Crippen LogP contribution in [0.1, 0.15) is 10.4 Å². The monoisotopic (exact) mass is 355 g/mol. The molecule has 0 bridgehead atoms. The van der Waals surface area contributed by atoms with Crippen LogP contribution in [-0.4, -0.2) is 46.9 Å². The van der Waals surface area contributed by atoms with Gasteiger partial charge in [0.2, 0.25) is 11.8 Å². The standard InChI is InChI=1S/C12H10BrN3O5/c13-7-3-6(11(19)20)1-2-8(7)14-12(21)16-4-9(17)15-10(18)5-16/h1-3H,4-5H2,(H,14,21)(H,19,20)(H,15,17,18). The summed E-state index contributed by atoms with van der Waals surface area (Å²) in [6.07, 6.45) is 0. The van der Waals surface area contributed by atoms with Crippen LogP contribution in [0.3, 0.4) is 0 Å². The molecule has 1 fully saturated rings. The molecule has 0 unspecified atom stereocenters. The number of amides is 4. The van der Waals surface area contributed by atoms with E-state index in [1.54, 1.807) is 0 Å². The summed E-state index contributed by atoms with van der Waals surface area (Å²) in [7, 11) is 0. The minimum atomic E-state index is -1.09. The minimum absolute atomic E-state index is 0.0624. The number of piperazine rings is 1. The number of anilines is 1. The van der Waals surface area contributed by atoms with Gasteiger partial charge in [-0.3, -0.25) is 14.9 Å². The highest BCUT2D eigenvalue weighted by Gasteiger charge is 2.26. The van der Waals surface area contributed by atoms with Crippen molar-refractivity contribution in [1.29, 1.82) is 0 Å². The van der Waals surface area contributed by atoms with Gasteiger partial charge in [-0.05, 0) is 34.1 Å². The second kappa shape index (κ2) is 5.92. The summed E-state index contributed by atoms with van der Waals surface area (Å²) in [4.78, 5) is 46.2. The summed E-state index contributed by atoms with van der Waals surface area (Å²) >= 11 is 3.15. The third-order valence-corrected chi connectivity index (χ3v) is 3.35. The van der Waals surface area contributed by atoms with E-state index in [-0.39, 0.29) is 18.7 Å². The van der Waals surface area contributed by atoms with Crippen molar-refractivity contribution in [2.45, 2.75) is 0 Å². The predicted molar refractivity (Wildman–Crippen MR) is 74.8 cm³/mol. The van der Waals surface area contributed by atoms with Crippen LogP contribution in [0.25, 0.3) is 0 Å². The number of halogens is 1. The number of hydrogen-bond acceptors (Lipinski definition) is 4. The molecule has 1 aliphatic rings. The fourth-order valence-electron chi connectivity index (χ4n) is 1.72.